The largest absolute Gasteiger partial charge is 0.457 e. The number of hydrogen-bond acceptors (Lipinski definition) is 6. The second-order valence-corrected chi connectivity index (χ2v) is 7.02. The van der Waals surface area contributed by atoms with Gasteiger partial charge in [0.05, 0.1) is 12.6 Å². The molecule has 32 heavy (non-hydrogen) atoms. The van der Waals surface area contributed by atoms with E-state index >= 15 is 0 Å². The molecule has 2 amide bonds. The lowest BCUT2D eigenvalue weighted by Crippen LogP contribution is -2.42. The number of carbonyl (C=O) groups excluding carboxylic acids is 2. The predicted octanol–water partition coefficient (Wildman–Crippen LogP) is 3.68. The van der Waals surface area contributed by atoms with E-state index in [0.717, 1.165) is 0 Å². The van der Waals surface area contributed by atoms with Gasteiger partial charge in [-0.05, 0) is 56.2 Å². The molecule has 8 heteroatoms. The molecule has 0 bridgehead atoms. The highest BCUT2D eigenvalue weighted by molar-refractivity contribution is 5.94. The summed E-state index contributed by atoms with van der Waals surface area (Å²) in [6.45, 7) is 6.21. The quantitative estimate of drug-likeness (QED) is 0.136. The summed E-state index contributed by atoms with van der Waals surface area (Å²) in [6, 6.07) is 15.6. The van der Waals surface area contributed by atoms with E-state index in [-0.39, 0.29) is 25.7 Å². The molecule has 8 nitrogen and oxygen atoms in total. The van der Waals surface area contributed by atoms with Crippen molar-refractivity contribution in [1.29, 1.82) is 0 Å². The van der Waals surface area contributed by atoms with Gasteiger partial charge < -0.3 is 19.5 Å². The highest BCUT2D eigenvalue weighted by Gasteiger charge is 2.24. The maximum Gasteiger partial charge on any atom is 0.251 e. The number of ether oxygens (including phenoxy) is 3. The van der Waals surface area contributed by atoms with Gasteiger partial charge in [-0.3, -0.25) is 14.8 Å². The van der Waals surface area contributed by atoms with Crippen LogP contribution in [0.1, 0.15) is 30.1 Å². The summed E-state index contributed by atoms with van der Waals surface area (Å²) in [5, 5.41) is 11.9. The zero-order chi connectivity index (χ0) is 23.2. The number of rotatable bonds is 14. The Bertz CT molecular complexity index is 841. The molecule has 2 atom stereocenters. The molecule has 0 aliphatic carbocycles. The Morgan fingerprint density at radius 3 is 2.38 bits per heavy atom. The number of hydroxylamine groups is 1. The maximum absolute atomic E-state index is 12.8. The second kappa shape index (κ2) is 14.0. The molecule has 2 rings (SSSR count). The van der Waals surface area contributed by atoms with Crippen molar-refractivity contribution < 1.29 is 29.0 Å². The van der Waals surface area contributed by atoms with Crippen molar-refractivity contribution in [1.82, 2.24) is 10.8 Å². The van der Waals surface area contributed by atoms with Crippen LogP contribution in [-0.2, 0) is 14.3 Å². The van der Waals surface area contributed by atoms with Crippen LogP contribution < -0.4 is 15.5 Å². The van der Waals surface area contributed by atoms with Crippen molar-refractivity contribution >= 4 is 11.8 Å². The lowest BCUT2D eigenvalue weighted by Gasteiger charge is -2.23. The van der Waals surface area contributed by atoms with E-state index in [2.05, 4.69) is 11.9 Å². The molecule has 0 saturated heterocycles. The minimum Gasteiger partial charge on any atom is -0.457 e. The first-order valence-corrected chi connectivity index (χ1v) is 10.4. The molecule has 0 radical (unpaired) electrons. The van der Waals surface area contributed by atoms with Crippen LogP contribution in [-0.4, -0.2) is 43.1 Å². The molecule has 172 valence electrons. The molecular weight excluding hydrogens is 412 g/mol. The molecule has 0 aromatic heterocycles. The SMILES string of the molecule is C=CC[C@@H](C[C@@H](COCOCC)NC(=O)c1ccc(Oc2ccccc2)cc1)C(=O)NO. The number of benzene rings is 2. The molecular formula is C24H30N2O6. The van der Waals surface area contributed by atoms with Crippen LogP contribution >= 0.6 is 0 Å². The number of nitrogens with one attached hydrogen (secondary N) is 2. The summed E-state index contributed by atoms with van der Waals surface area (Å²) in [6.07, 6.45) is 2.19. The van der Waals surface area contributed by atoms with Crippen molar-refractivity contribution in [3.63, 3.8) is 0 Å². The zero-order valence-electron chi connectivity index (χ0n) is 18.2. The van der Waals surface area contributed by atoms with E-state index < -0.39 is 17.9 Å². The Morgan fingerprint density at radius 2 is 1.75 bits per heavy atom. The molecule has 0 unspecified atom stereocenters. The molecule has 0 saturated carbocycles. The van der Waals surface area contributed by atoms with Gasteiger partial charge in [0.2, 0.25) is 5.91 Å². The van der Waals surface area contributed by atoms with Gasteiger partial charge in [-0.15, -0.1) is 6.58 Å². The van der Waals surface area contributed by atoms with E-state index in [1.54, 1.807) is 35.8 Å². The molecule has 0 aliphatic rings. The molecule has 0 fully saturated rings. The molecule has 2 aromatic carbocycles. The summed E-state index contributed by atoms with van der Waals surface area (Å²) in [4.78, 5) is 24.7. The minimum absolute atomic E-state index is 0.0761. The Morgan fingerprint density at radius 1 is 1.06 bits per heavy atom. The highest BCUT2D eigenvalue weighted by Crippen LogP contribution is 2.21. The standard InChI is InChI=1S/C24H30N2O6/c1-3-8-19(24(28)26-29)15-20(16-31-17-30-4-2)25-23(27)18-11-13-22(14-12-18)32-21-9-6-5-7-10-21/h3,5-7,9-14,19-20,29H,1,4,8,15-17H2,2H3,(H,25,27)(H,26,28)/t19-,20-/m0/s1. The molecule has 2 aromatic rings. The fraction of sp³-hybridized carbons (Fsp3) is 0.333. The Hall–Kier alpha value is -3.20. The lowest BCUT2D eigenvalue weighted by molar-refractivity contribution is -0.134. The Balaban J connectivity index is 2.03. The van der Waals surface area contributed by atoms with Crippen LogP contribution in [0, 0.1) is 5.92 Å². The third-order valence-electron chi connectivity index (χ3n) is 4.62. The lowest BCUT2D eigenvalue weighted by atomic mass is 9.95. The first-order valence-electron chi connectivity index (χ1n) is 10.4. The average Bonchev–Trinajstić information content (AvgIpc) is 2.82. The van der Waals surface area contributed by atoms with Crippen molar-refractivity contribution in [2.75, 3.05) is 20.0 Å². The minimum atomic E-state index is -0.569. The topological polar surface area (TPSA) is 106 Å². The van der Waals surface area contributed by atoms with E-state index in [1.807, 2.05) is 37.3 Å². The van der Waals surface area contributed by atoms with Gasteiger partial charge in [-0.2, -0.15) is 0 Å². The van der Waals surface area contributed by atoms with Gasteiger partial charge in [0.1, 0.15) is 18.3 Å². The third kappa shape index (κ3) is 8.50. The van der Waals surface area contributed by atoms with Crippen molar-refractivity contribution in [3.8, 4) is 11.5 Å². The highest BCUT2D eigenvalue weighted by atomic mass is 16.7. The number of hydrogen-bond donors (Lipinski definition) is 3. The summed E-state index contributed by atoms with van der Waals surface area (Å²) < 4.78 is 16.4. The summed E-state index contributed by atoms with van der Waals surface area (Å²) >= 11 is 0. The van der Waals surface area contributed by atoms with Gasteiger partial charge in [0.25, 0.3) is 5.91 Å². The first kappa shape index (κ1) is 25.1. The Labute approximate surface area is 188 Å². The predicted molar refractivity (Wildman–Crippen MR) is 120 cm³/mol. The number of amides is 2. The van der Waals surface area contributed by atoms with Crippen molar-refractivity contribution in [2.24, 2.45) is 5.92 Å². The normalized spacial score (nSPS) is 12.4. The average molecular weight is 443 g/mol. The van der Waals surface area contributed by atoms with Gasteiger partial charge in [0, 0.05) is 18.1 Å². The van der Waals surface area contributed by atoms with Crippen LogP contribution in [0.4, 0.5) is 0 Å². The molecule has 3 N–H and O–H groups in total. The van der Waals surface area contributed by atoms with Crippen LogP contribution in [0.5, 0.6) is 11.5 Å². The number of carbonyl (C=O) groups is 2. The van der Waals surface area contributed by atoms with Crippen LogP contribution in [0.25, 0.3) is 0 Å². The van der Waals surface area contributed by atoms with Gasteiger partial charge >= 0.3 is 0 Å². The molecule has 0 spiro atoms. The van der Waals surface area contributed by atoms with E-state index in [0.29, 0.717) is 30.1 Å². The van der Waals surface area contributed by atoms with Crippen LogP contribution in [0.3, 0.4) is 0 Å². The van der Waals surface area contributed by atoms with E-state index in [4.69, 9.17) is 19.4 Å². The van der Waals surface area contributed by atoms with Crippen molar-refractivity contribution in [2.45, 2.75) is 25.8 Å². The van der Waals surface area contributed by atoms with Gasteiger partial charge in [-0.1, -0.05) is 24.3 Å². The first-order chi connectivity index (χ1) is 15.6. The molecule has 0 aliphatic heterocycles. The van der Waals surface area contributed by atoms with Crippen LogP contribution in [0.2, 0.25) is 0 Å². The monoisotopic (exact) mass is 442 g/mol. The molecule has 0 heterocycles. The van der Waals surface area contributed by atoms with E-state index in [1.165, 1.54) is 0 Å². The number of allylic oxidation sites excluding steroid dienone is 1. The fourth-order valence-corrected chi connectivity index (χ4v) is 3.02. The van der Waals surface area contributed by atoms with Crippen LogP contribution in [0.15, 0.2) is 67.3 Å². The van der Waals surface area contributed by atoms with Gasteiger partial charge in [-0.25, -0.2) is 5.48 Å². The second-order valence-electron chi connectivity index (χ2n) is 7.02. The summed E-state index contributed by atoms with van der Waals surface area (Å²) in [5.74, 6) is -0.124. The summed E-state index contributed by atoms with van der Waals surface area (Å²) in [5.41, 5.74) is 2.10. The zero-order valence-corrected chi connectivity index (χ0v) is 18.2. The van der Waals surface area contributed by atoms with Gasteiger partial charge in [0.15, 0.2) is 0 Å². The van der Waals surface area contributed by atoms with Crippen molar-refractivity contribution in [3.05, 3.63) is 72.8 Å². The third-order valence-corrected chi connectivity index (χ3v) is 4.62. The number of para-hydroxylation sites is 1. The van der Waals surface area contributed by atoms with E-state index in [9.17, 15) is 9.59 Å². The Kier molecular flexibility index (Phi) is 10.9. The smallest absolute Gasteiger partial charge is 0.251 e. The maximum atomic E-state index is 12.8. The fourth-order valence-electron chi connectivity index (χ4n) is 3.02. The summed E-state index contributed by atoms with van der Waals surface area (Å²) in [7, 11) is 0.